The third kappa shape index (κ3) is 3.82. The molecule has 0 radical (unpaired) electrons. The number of carbonyl (C=O) groups is 1. The van der Waals surface area contributed by atoms with E-state index in [0.717, 1.165) is 17.0 Å². The van der Waals surface area contributed by atoms with Crippen molar-refractivity contribution in [1.82, 2.24) is 4.90 Å². The quantitative estimate of drug-likeness (QED) is 0.778. The predicted octanol–water partition coefficient (Wildman–Crippen LogP) is 3.95. The van der Waals surface area contributed by atoms with Gasteiger partial charge in [-0.1, -0.05) is 43.6 Å². The summed E-state index contributed by atoms with van der Waals surface area (Å²) in [5.41, 5.74) is 1.07. The van der Waals surface area contributed by atoms with Crippen molar-refractivity contribution >= 4 is 17.4 Å². The lowest BCUT2D eigenvalue weighted by atomic mass is 10.0. The second-order valence-corrected chi connectivity index (χ2v) is 5.30. The van der Waals surface area contributed by atoms with Gasteiger partial charge in [0.05, 0.1) is 6.54 Å². The van der Waals surface area contributed by atoms with Crippen LogP contribution in [0.5, 0.6) is 0 Å². The number of rotatable bonds is 6. The maximum Gasteiger partial charge on any atom is 0.149 e. The SMILES string of the molecule is CCC(C)C(=O)CN(C)C(C)c1ccccc1Cl. The second kappa shape index (κ2) is 6.91. The lowest BCUT2D eigenvalue weighted by molar-refractivity contribution is -0.123. The lowest BCUT2D eigenvalue weighted by Crippen LogP contribution is -2.31. The van der Waals surface area contributed by atoms with E-state index in [4.69, 9.17) is 11.6 Å². The summed E-state index contributed by atoms with van der Waals surface area (Å²) in [6, 6.07) is 7.94. The Morgan fingerprint density at radius 3 is 2.50 bits per heavy atom. The molecular formula is C15H22ClNO. The molecular weight excluding hydrogens is 246 g/mol. The van der Waals surface area contributed by atoms with Gasteiger partial charge in [0, 0.05) is 17.0 Å². The van der Waals surface area contributed by atoms with Crippen LogP contribution in [0.25, 0.3) is 0 Å². The lowest BCUT2D eigenvalue weighted by Gasteiger charge is -2.26. The number of halogens is 1. The fourth-order valence-corrected chi connectivity index (χ4v) is 2.11. The Balaban J connectivity index is 2.70. The van der Waals surface area contributed by atoms with Gasteiger partial charge in [-0.2, -0.15) is 0 Å². The Labute approximate surface area is 115 Å². The van der Waals surface area contributed by atoms with Crippen molar-refractivity contribution in [2.45, 2.75) is 33.2 Å². The van der Waals surface area contributed by atoms with E-state index in [1.54, 1.807) is 0 Å². The van der Waals surface area contributed by atoms with Crippen LogP contribution in [0.1, 0.15) is 38.8 Å². The van der Waals surface area contributed by atoms with E-state index in [-0.39, 0.29) is 12.0 Å². The first-order valence-corrected chi connectivity index (χ1v) is 6.82. The Bertz CT molecular complexity index is 405. The average molecular weight is 268 g/mol. The predicted molar refractivity (Wildman–Crippen MR) is 77.0 cm³/mol. The van der Waals surface area contributed by atoms with Gasteiger partial charge in [0.1, 0.15) is 5.78 Å². The molecule has 0 aliphatic carbocycles. The number of hydrogen-bond acceptors (Lipinski definition) is 2. The first-order chi connectivity index (χ1) is 8.47. The summed E-state index contributed by atoms with van der Waals surface area (Å²) >= 11 is 6.18. The van der Waals surface area contributed by atoms with E-state index < -0.39 is 0 Å². The summed E-state index contributed by atoms with van der Waals surface area (Å²) in [6.07, 6.45) is 0.896. The first kappa shape index (κ1) is 15.2. The number of hydrogen-bond donors (Lipinski definition) is 0. The van der Waals surface area contributed by atoms with Crippen molar-refractivity contribution in [1.29, 1.82) is 0 Å². The molecule has 0 aromatic heterocycles. The van der Waals surface area contributed by atoms with Crippen molar-refractivity contribution in [3.05, 3.63) is 34.9 Å². The molecule has 2 nitrogen and oxygen atoms in total. The molecule has 1 aromatic carbocycles. The number of ketones is 1. The highest BCUT2D eigenvalue weighted by Crippen LogP contribution is 2.26. The molecule has 0 aliphatic heterocycles. The van der Waals surface area contributed by atoms with E-state index >= 15 is 0 Å². The van der Waals surface area contributed by atoms with Crippen LogP contribution >= 0.6 is 11.6 Å². The summed E-state index contributed by atoms with van der Waals surface area (Å²) in [7, 11) is 1.97. The molecule has 0 N–H and O–H groups in total. The van der Waals surface area contributed by atoms with Crippen molar-refractivity contribution in [3.8, 4) is 0 Å². The Morgan fingerprint density at radius 2 is 1.94 bits per heavy atom. The molecule has 2 atom stereocenters. The minimum Gasteiger partial charge on any atom is -0.298 e. The van der Waals surface area contributed by atoms with Crippen LogP contribution < -0.4 is 0 Å². The van der Waals surface area contributed by atoms with Crippen LogP contribution in [-0.2, 0) is 4.79 Å². The molecule has 0 saturated heterocycles. The van der Waals surface area contributed by atoms with Crippen LogP contribution in [0.15, 0.2) is 24.3 Å². The van der Waals surface area contributed by atoms with Gasteiger partial charge in [-0.25, -0.2) is 0 Å². The summed E-state index contributed by atoms with van der Waals surface area (Å²) in [5, 5.41) is 0.757. The maximum absolute atomic E-state index is 11.9. The minimum atomic E-state index is 0.130. The van der Waals surface area contributed by atoms with Crippen molar-refractivity contribution < 1.29 is 4.79 Å². The zero-order valence-corrected chi connectivity index (χ0v) is 12.4. The Morgan fingerprint density at radius 1 is 1.33 bits per heavy atom. The molecule has 0 saturated carbocycles. The number of nitrogens with zero attached hydrogens (tertiary/aromatic N) is 1. The Hall–Kier alpha value is -0.860. The van der Waals surface area contributed by atoms with Gasteiger partial charge in [-0.05, 0) is 32.0 Å². The van der Waals surface area contributed by atoms with Gasteiger partial charge in [0.2, 0.25) is 0 Å². The highest BCUT2D eigenvalue weighted by Gasteiger charge is 2.19. The molecule has 0 bridgehead atoms. The van der Waals surface area contributed by atoms with Crippen LogP contribution in [-0.4, -0.2) is 24.3 Å². The number of likely N-dealkylation sites (N-methyl/N-ethyl adjacent to an activating group) is 1. The van der Waals surface area contributed by atoms with Gasteiger partial charge >= 0.3 is 0 Å². The summed E-state index contributed by atoms with van der Waals surface area (Å²) in [5.74, 6) is 0.421. The minimum absolute atomic E-state index is 0.130. The largest absolute Gasteiger partial charge is 0.298 e. The molecule has 0 amide bonds. The smallest absolute Gasteiger partial charge is 0.149 e. The summed E-state index contributed by atoms with van der Waals surface area (Å²) < 4.78 is 0. The van der Waals surface area contributed by atoms with E-state index in [1.807, 2.05) is 45.2 Å². The maximum atomic E-state index is 11.9. The molecule has 1 rings (SSSR count). The summed E-state index contributed by atoms with van der Waals surface area (Å²) in [4.78, 5) is 14.0. The third-order valence-corrected chi connectivity index (χ3v) is 3.93. The highest BCUT2D eigenvalue weighted by atomic mass is 35.5. The molecule has 0 aliphatic rings. The fraction of sp³-hybridized carbons (Fsp3) is 0.533. The number of Topliss-reactive ketones (excluding diaryl/α,β-unsaturated/α-hetero) is 1. The fourth-order valence-electron chi connectivity index (χ4n) is 1.82. The van der Waals surface area contributed by atoms with E-state index in [2.05, 4.69) is 11.8 Å². The van der Waals surface area contributed by atoms with Gasteiger partial charge in [-0.3, -0.25) is 9.69 Å². The van der Waals surface area contributed by atoms with E-state index in [9.17, 15) is 4.79 Å². The molecule has 100 valence electrons. The van der Waals surface area contributed by atoms with Crippen LogP contribution in [0.3, 0.4) is 0 Å². The average Bonchev–Trinajstić information content (AvgIpc) is 2.37. The van der Waals surface area contributed by atoms with Gasteiger partial charge in [0.25, 0.3) is 0 Å². The van der Waals surface area contributed by atoms with Crippen LogP contribution in [0.4, 0.5) is 0 Å². The summed E-state index contributed by atoms with van der Waals surface area (Å²) in [6.45, 7) is 6.57. The highest BCUT2D eigenvalue weighted by molar-refractivity contribution is 6.31. The van der Waals surface area contributed by atoms with Gasteiger partial charge in [-0.15, -0.1) is 0 Å². The van der Waals surface area contributed by atoms with Gasteiger partial charge in [0.15, 0.2) is 0 Å². The molecule has 3 heteroatoms. The molecule has 2 unspecified atom stereocenters. The Kier molecular flexibility index (Phi) is 5.83. The molecule has 0 spiro atoms. The van der Waals surface area contributed by atoms with Gasteiger partial charge < -0.3 is 0 Å². The second-order valence-electron chi connectivity index (χ2n) is 4.89. The standard InChI is InChI=1S/C15H22ClNO/c1-5-11(2)15(18)10-17(4)12(3)13-8-6-7-9-14(13)16/h6-9,11-12H,5,10H2,1-4H3. The molecule has 18 heavy (non-hydrogen) atoms. The van der Waals surface area contributed by atoms with E-state index in [1.165, 1.54) is 0 Å². The molecule has 0 heterocycles. The zero-order valence-electron chi connectivity index (χ0n) is 11.6. The molecule has 0 fully saturated rings. The first-order valence-electron chi connectivity index (χ1n) is 6.44. The molecule has 1 aromatic rings. The van der Waals surface area contributed by atoms with Crippen LogP contribution in [0, 0.1) is 5.92 Å². The van der Waals surface area contributed by atoms with E-state index in [0.29, 0.717) is 12.3 Å². The van der Waals surface area contributed by atoms with Crippen molar-refractivity contribution in [3.63, 3.8) is 0 Å². The normalized spacial score (nSPS) is 14.6. The van der Waals surface area contributed by atoms with Crippen molar-refractivity contribution in [2.75, 3.05) is 13.6 Å². The number of benzene rings is 1. The van der Waals surface area contributed by atoms with Crippen LogP contribution in [0.2, 0.25) is 5.02 Å². The van der Waals surface area contributed by atoms with Crippen molar-refractivity contribution in [2.24, 2.45) is 5.92 Å². The zero-order chi connectivity index (χ0) is 13.7. The monoisotopic (exact) mass is 267 g/mol. The third-order valence-electron chi connectivity index (χ3n) is 3.58. The topological polar surface area (TPSA) is 20.3 Å². The number of carbonyl (C=O) groups excluding carboxylic acids is 1.